The van der Waals surface area contributed by atoms with Crippen LogP contribution in [0, 0.1) is 0 Å². The molecule has 156 valence electrons. The molecule has 0 aliphatic carbocycles. The summed E-state index contributed by atoms with van der Waals surface area (Å²) in [6.07, 6.45) is 3.35. The fraction of sp³-hybridized carbons (Fsp3) is 0.174. The van der Waals surface area contributed by atoms with Crippen LogP contribution in [0.5, 0.6) is 11.5 Å². The van der Waals surface area contributed by atoms with Crippen molar-refractivity contribution in [2.75, 3.05) is 20.3 Å². The van der Waals surface area contributed by atoms with Gasteiger partial charge in [-0.2, -0.15) is 9.78 Å². The van der Waals surface area contributed by atoms with Crippen molar-refractivity contribution in [2.24, 2.45) is 0 Å². The van der Waals surface area contributed by atoms with Crippen LogP contribution < -0.4 is 15.0 Å². The molecule has 31 heavy (non-hydrogen) atoms. The summed E-state index contributed by atoms with van der Waals surface area (Å²) in [5.41, 5.74) is 2.13. The Morgan fingerprint density at radius 3 is 2.61 bits per heavy atom. The summed E-state index contributed by atoms with van der Waals surface area (Å²) in [6, 6.07) is 14.8. The number of rotatable bonds is 4. The van der Waals surface area contributed by atoms with Gasteiger partial charge in [0.15, 0.2) is 11.5 Å². The van der Waals surface area contributed by atoms with Crippen molar-refractivity contribution >= 4 is 5.97 Å². The van der Waals surface area contributed by atoms with Gasteiger partial charge in [-0.3, -0.25) is 4.79 Å². The highest BCUT2D eigenvalue weighted by atomic mass is 16.6. The van der Waals surface area contributed by atoms with Crippen LogP contribution in [0.25, 0.3) is 16.9 Å². The lowest BCUT2D eigenvalue weighted by atomic mass is 10.1. The monoisotopic (exact) mass is 417 g/mol. The number of fused-ring (bicyclic) bond motifs is 2. The second-order valence-electron chi connectivity index (χ2n) is 7.13. The number of methoxy groups -OCH3 is 1. The van der Waals surface area contributed by atoms with Crippen LogP contribution in [0.2, 0.25) is 0 Å². The zero-order valence-corrected chi connectivity index (χ0v) is 16.8. The van der Waals surface area contributed by atoms with Gasteiger partial charge in [-0.15, -0.1) is 0 Å². The first-order valence-corrected chi connectivity index (χ1v) is 9.79. The number of hydrogen-bond acceptors (Lipinski definition) is 6. The molecule has 0 unspecified atom stereocenters. The van der Waals surface area contributed by atoms with Crippen LogP contribution in [-0.2, 0) is 11.3 Å². The zero-order chi connectivity index (χ0) is 21.4. The third kappa shape index (κ3) is 3.42. The van der Waals surface area contributed by atoms with Crippen LogP contribution in [0.15, 0.2) is 65.7 Å². The Kier molecular flexibility index (Phi) is 4.66. The Labute approximate surface area is 177 Å². The molecule has 0 amide bonds. The minimum absolute atomic E-state index is 0.226. The van der Waals surface area contributed by atoms with E-state index in [1.807, 2.05) is 36.4 Å². The molecule has 0 saturated carbocycles. The van der Waals surface area contributed by atoms with E-state index in [1.54, 1.807) is 29.1 Å². The van der Waals surface area contributed by atoms with Gasteiger partial charge in [-0.25, -0.2) is 4.79 Å². The van der Waals surface area contributed by atoms with E-state index in [2.05, 4.69) is 5.10 Å². The molecule has 0 aromatic heterocycles. The first-order valence-electron chi connectivity index (χ1n) is 9.79. The molecule has 8 nitrogen and oxygen atoms in total. The predicted octanol–water partition coefficient (Wildman–Crippen LogP) is 2.74. The number of esters is 1. The van der Waals surface area contributed by atoms with Crippen molar-refractivity contribution in [1.82, 2.24) is 14.3 Å². The van der Waals surface area contributed by atoms with E-state index in [0.29, 0.717) is 48.2 Å². The fourth-order valence-corrected chi connectivity index (χ4v) is 3.65. The average Bonchev–Trinajstić information content (AvgIpc) is 3.15. The van der Waals surface area contributed by atoms with Gasteiger partial charge in [-0.1, -0.05) is 24.3 Å². The van der Waals surface area contributed by atoms with Gasteiger partial charge >= 0.3 is 5.97 Å². The Bertz CT molecular complexity index is 1290. The smallest absolute Gasteiger partial charge is 0.341 e. The number of carbonyl (C=O) groups is 1. The summed E-state index contributed by atoms with van der Waals surface area (Å²) in [6.45, 7) is 1.45. The normalized spacial score (nSPS) is 12.7. The molecule has 0 fully saturated rings. The van der Waals surface area contributed by atoms with Gasteiger partial charge in [0.2, 0.25) is 0 Å². The summed E-state index contributed by atoms with van der Waals surface area (Å²) < 4.78 is 19.2. The van der Waals surface area contributed by atoms with Crippen LogP contribution in [0.4, 0.5) is 0 Å². The third-order valence-electron chi connectivity index (χ3n) is 5.10. The highest BCUT2D eigenvalue weighted by Gasteiger charge is 2.25. The maximum atomic E-state index is 13.1. The Hall–Kier alpha value is -4.07. The molecule has 3 aliphatic heterocycles. The Morgan fingerprint density at radius 1 is 1.06 bits per heavy atom. The quantitative estimate of drug-likeness (QED) is 0.475. The van der Waals surface area contributed by atoms with Gasteiger partial charge in [0.05, 0.1) is 18.4 Å². The fourth-order valence-electron chi connectivity index (χ4n) is 3.65. The van der Waals surface area contributed by atoms with Crippen molar-refractivity contribution in [3.63, 3.8) is 0 Å². The van der Waals surface area contributed by atoms with Gasteiger partial charge in [0, 0.05) is 18.9 Å². The second kappa shape index (κ2) is 7.64. The SMILES string of the molecule is COC(=O)c1cn(Cc2ccc3c(c2)OCCO3)cc2c(=O)n(-c3ccccc3)nc1-2. The van der Waals surface area contributed by atoms with Crippen LogP contribution in [-0.4, -0.2) is 40.6 Å². The molecule has 5 rings (SSSR count). The summed E-state index contributed by atoms with van der Waals surface area (Å²) in [4.78, 5) is 25.5. The number of ether oxygens (including phenoxy) is 3. The molecule has 8 heteroatoms. The van der Waals surface area contributed by atoms with Crippen molar-refractivity contribution in [1.29, 1.82) is 0 Å². The third-order valence-corrected chi connectivity index (χ3v) is 5.10. The van der Waals surface area contributed by atoms with Gasteiger partial charge in [-0.05, 0) is 29.8 Å². The largest absolute Gasteiger partial charge is 0.486 e. The van der Waals surface area contributed by atoms with Gasteiger partial charge < -0.3 is 18.8 Å². The zero-order valence-electron chi connectivity index (χ0n) is 16.8. The number of hydrogen-bond donors (Lipinski definition) is 0. The number of benzene rings is 2. The molecule has 3 heterocycles. The number of para-hydroxylation sites is 1. The van der Waals surface area contributed by atoms with E-state index in [-0.39, 0.29) is 11.1 Å². The topological polar surface area (TPSA) is 84.6 Å². The Balaban J connectivity index is 1.61. The van der Waals surface area contributed by atoms with Crippen LogP contribution >= 0.6 is 0 Å². The molecule has 2 aromatic carbocycles. The van der Waals surface area contributed by atoms with Gasteiger partial charge in [0.25, 0.3) is 5.56 Å². The molecular formula is C23H19N3O5. The molecule has 0 atom stereocenters. The maximum Gasteiger partial charge on any atom is 0.341 e. The van der Waals surface area contributed by atoms with Crippen molar-refractivity contribution in [2.45, 2.75) is 6.54 Å². The number of aromatic nitrogens is 3. The molecule has 0 spiro atoms. The van der Waals surface area contributed by atoms with Crippen LogP contribution in [0.1, 0.15) is 15.9 Å². The van der Waals surface area contributed by atoms with E-state index >= 15 is 0 Å². The summed E-state index contributed by atoms with van der Waals surface area (Å²) in [7, 11) is 1.30. The number of carbonyl (C=O) groups excluding carboxylic acids is 1. The van der Waals surface area contributed by atoms with Crippen molar-refractivity contribution in [3.8, 4) is 28.4 Å². The molecule has 0 N–H and O–H groups in total. The first kappa shape index (κ1) is 18.9. The summed E-state index contributed by atoms with van der Waals surface area (Å²) in [5.74, 6) is 0.830. The number of nitrogens with zero attached hydrogens (tertiary/aromatic N) is 3. The second-order valence-corrected chi connectivity index (χ2v) is 7.13. The summed E-state index contributed by atoms with van der Waals surface area (Å²) in [5, 5.41) is 4.41. The van der Waals surface area contributed by atoms with Crippen LogP contribution in [0.3, 0.4) is 0 Å². The maximum absolute atomic E-state index is 13.1. The van der Waals surface area contributed by atoms with E-state index in [4.69, 9.17) is 14.2 Å². The average molecular weight is 417 g/mol. The highest BCUT2D eigenvalue weighted by Crippen LogP contribution is 2.31. The molecule has 3 aliphatic rings. The van der Waals surface area contributed by atoms with E-state index in [9.17, 15) is 9.59 Å². The molecule has 0 radical (unpaired) electrons. The minimum atomic E-state index is -0.556. The van der Waals surface area contributed by atoms with Crippen molar-refractivity contribution < 1.29 is 19.0 Å². The van der Waals surface area contributed by atoms with E-state index in [1.165, 1.54) is 11.8 Å². The first-order chi connectivity index (χ1) is 15.1. The highest BCUT2D eigenvalue weighted by molar-refractivity contribution is 5.96. The summed E-state index contributed by atoms with van der Waals surface area (Å²) >= 11 is 0. The van der Waals surface area contributed by atoms with Gasteiger partial charge in [0.1, 0.15) is 24.5 Å². The molecule has 0 bridgehead atoms. The van der Waals surface area contributed by atoms with E-state index < -0.39 is 5.97 Å². The number of pyridine rings is 1. The van der Waals surface area contributed by atoms with E-state index in [0.717, 1.165) is 5.56 Å². The standard InChI is InChI=1S/C23H19N3O5/c1-29-23(28)18-14-25(12-15-7-8-19-20(11-15)31-10-9-30-19)13-17-21(18)24-26(22(17)27)16-5-3-2-4-6-16/h2-8,11,13-14H,9-10,12H2,1H3. The molecule has 0 saturated heterocycles. The Morgan fingerprint density at radius 2 is 1.84 bits per heavy atom. The predicted molar refractivity (Wildman–Crippen MR) is 112 cm³/mol. The molecular weight excluding hydrogens is 398 g/mol. The van der Waals surface area contributed by atoms with Crippen molar-refractivity contribution in [3.05, 3.63) is 82.4 Å². The molecule has 2 aromatic rings. The lowest BCUT2D eigenvalue weighted by Gasteiger charge is -2.19. The minimum Gasteiger partial charge on any atom is -0.486 e. The lowest BCUT2D eigenvalue weighted by Crippen LogP contribution is -2.16. The lowest BCUT2D eigenvalue weighted by molar-refractivity contribution is 0.0600.